The summed E-state index contributed by atoms with van der Waals surface area (Å²) in [5, 5.41) is 0. The maximum absolute atomic E-state index is 12.4. The molecule has 0 radical (unpaired) electrons. The highest BCUT2D eigenvalue weighted by atomic mass is 16.6. The number of epoxide rings is 1. The van der Waals surface area contributed by atoms with Gasteiger partial charge in [0.1, 0.15) is 23.6 Å². The van der Waals surface area contributed by atoms with Crippen LogP contribution in [-0.2, 0) is 23.9 Å². The molecule has 1 spiro atoms. The van der Waals surface area contributed by atoms with Crippen LogP contribution in [0.25, 0.3) is 0 Å². The second kappa shape index (κ2) is 5.68. The summed E-state index contributed by atoms with van der Waals surface area (Å²) in [5.74, 6) is 1.48. The maximum Gasteiger partial charge on any atom is 0.302 e. The van der Waals surface area contributed by atoms with E-state index >= 15 is 0 Å². The van der Waals surface area contributed by atoms with Crippen molar-refractivity contribution in [2.75, 3.05) is 0 Å². The summed E-state index contributed by atoms with van der Waals surface area (Å²) in [6, 6.07) is 0. The molecule has 0 unspecified atom stereocenters. The van der Waals surface area contributed by atoms with Gasteiger partial charge in [0.15, 0.2) is 5.78 Å². The Morgan fingerprint density at radius 3 is 2.54 bits per heavy atom. The fraction of sp³-hybridized carbons (Fsp3) is 0.870. The summed E-state index contributed by atoms with van der Waals surface area (Å²) in [6.45, 7) is 7.75. The van der Waals surface area contributed by atoms with Crippen molar-refractivity contribution in [2.24, 2.45) is 34.5 Å². The number of hydrogen-bond acceptors (Lipinski definition) is 5. The topological polar surface area (TPSA) is 73.0 Å². The van der Waals surface area contributed by atoms with Crippen molar-refractivity contribution in [3.05, 3.63) is 0 Å². The largest absolute Gasteiger partial charge is 0.462 e. The standard InChI is InChI=1S/C23H32O5/c1-12(24)15-5-6-16-14-7-10-23-20(28-23)17(26)8-9-22(23,4)19(14)18(27-13(2)25)11-21(15,16)3/h14-16,18-20H,5-11H2,1-4H3/t14-,15-,16+,18+,19-,20+,21+,22-,23+/m0/s1. The molecule has 5 fully saturated rings. The minimum atomic E-state index is -0.339. The molecule has 1 aliphatic heterocycles. The average molecular weight is 389 g/mol. The fourth-order valence-electron chi connectivity index (χ4n) is 8.57. The van der Waals surface area contributed by atoms with Crippen molar-refractivity contribution in [2.45, 2.75) is 90.4 Å². The van der Waals surface area contributed by atoms with Crippen molar-refractivity contribution >= 4 is 17.5 Å². The zero-order valence-corrected chi connectivity index (χ0v) is 17.5. The zero-order chi connectivity index (χ0) is 20.1. The Kier molecular flexibility index (Phi) is 3.81. The van der Waals surface area contributed by atoms with E-state index in [1.807, 2.05) is 0 Å². The molecule has 5 rings (SSSR count). The summed E-state index contributed by atoms with van der Waals surface area (Å²) in [6.07, 6.45) is 5.67. The molecular formula is C23H32O5. The zero-order valence-electron chi connectivity index (χ0n) is 17.5. The van der Waals surface area contributed by atoms with E-state index in [0.717, 1.165) is 38.5 Å². The molecule has 0 aromatic carbocycles. The number of hydrogen-bond donors (Lipinski definition) is 0. The summed E-state index contributed by atoms with van der Waals surface area (Å²) >= 11 is 0. The highest BCUT2D eigenvalue weighted by molar-refractivity contribution is 5.88. The number of fused-ring (bicyclic) bond motifs is 4. The molecule has 28 heavy (non-hydrogen) atoms. The maximum atomic E-state index is 12.4. The minimum Gasteiger partial charge on any atom is -0.462 e. The number of carbonyl (C=O) groups excluding carboxylic acids is 3. The van der Waals surface area contributed by atoms with Gasteiger partial charge in [-0.25, -0.2) is 0 Å². The van der Waals surface area contributed by atoms with Crippen LogP contribution in [0.2, 0.25) is 0 Å². The number of ether oxygens (including phenoxy) is 2. The van der Waals surface area contributed by atoms with E-state index in [4.69, 9.17) is 9.47 Å². The van der Waals surface area contributed by atoms with E-state index < -0.39 is 0 Å². The lowest BCUT2D eigenvalue weighted by atomic mass is 9.43. The SMILES string of the molecule is CC(=O)O[C@@H]1C[C@@]2(C)[C@H](CC[C@H]2C(C)=O)[C@@H]2CC[C@@]34O[C@@H]3C(=O)CC[C@@]4(C)[C@@H]21. The molecule has 0 bridgehead atoms. The van der Waals surface area contributed by atoms with Crippen LogP contribution in [-0.4, -0.2) is 35.3 Å². The van der Waals surface area contributed by atoms with Crippen LogP contribution in [0.3, 0.4) is 0 Å². The van der Waals surface area contributed by atoms with E-state index in [9.17, 15) is 14.4 Å². The van der Waals surface area contributed by atoms with E-state index in [1.165, 1.54) is 6.92 Å². The highest BCUT2D eigenvalue weighted by Crippen LogP contribution is 2.73. The molecule has 9 atom stereocenters. The van der Waals surface area contributed by atoms with Gasteiger partial charge in [-0.05, 0) is 62.7 Å². The quantitative estimate of drug-likeness (QED) is 0.535. The van der Waals surface area contributed by atoms with Crippen LogP contribution in [0.1, 0.15) is 72.6 Å². The van der Waals surface area contributed by atoms with Crippen LogP contribution >= 0.6 is 0 Å². The van der Waals surface area contributed by atoms with Gasteiger partial charge in [-0.1, -0.05) is 13.8 Å². The fourth-order valence-corrected chi connectivity index (χ4v) is 8.57. The summed E-state index contributed by atoms with van der Waals surface area (Å²) in [7, 11) is 0. The Balaban J connectivity index is 1.57. The second-order valence-electron chi connectivity index (χ2n) is 10.7. The Morgan fingerprint density at radius 1 is 1.11 bits per heavy atom. The predicted molar refractivity (Wildman–Crippen MR) is 101 cm³/mol. The molecule has 4 aliphatic carbocycles. The van der Waals surface area contributed by atoms with Gasteiger partial charge >= 0.3 is 5.97 Å². The molecule has 5 heteroatoms. The molecule has 0 N–H and O–H groups in total. The van der Waals surface area contributed by atoms with Crippen molar-refractivity contribution in [1.82, 2.24) is 0 Å². The minimum absolute atomic E-state index is 0.0676. The number of Topliss-reactive ketones (excluding diaryl/α,β-unsaturated/α-hetero) is 2. The van der Waals surface area contributed by atoms with E-state index in [0.29, 0.717) is 18.3 Å². The molecule has 0 amide bonds. The van der Waals surface area contributed by atoms with Crippen LogP contribution in [0.5, 0.6) is 0 Å². The Bertz CT molecular complexity index is 760. The molecule has 4 saturated carbocycles. The normalized spacial score (nSPS) is 54.1. The first-order valence-electron chi connectivity index (χ1n) is 11.0. The van der Waals surface area contributed by atoms with Gasteiger partial charge in [0.05, 0.1) is 0 Å². The van der Waals surface area contributed by atoms with Gasteiger partial charge in [0.2, 0.25) is 0 Å². The molecule has 5 nitrogen and oxygen atoms in total. The molecule has 5 aliphatic rings. The number of rotatable bonds is 2. The number of ketones is 2. The third-order valence-electron chi connectivity index (χ3n) is 9.67. The van der Waals surface area contributed by atoms with Gasteiger partial charge in [-0.3, -0.25) is 14.4 Å². The molecule has 1 heterocycles. The van der Waals surface area contributed by atoms with E-state index in [2.05, 4.69) is 13.8 Å². The molecule has 0 aromatic heterocycles. The molecule has 0 aromatic rings. The first-order valence-corrected chi connectivity index (χ1v) is 11.0. The van der Waals surface area contributed by atoms with Crippen molar-refractivity contribution < 1.29 is 23.9 Å². The van der Waals surface area contributed by atoms with Gasteiger partial charge in [0.25, 0.3) is 0 Å². The Labute approximate surface area is 166 Å². The second-order valence-corrected chi connectivity index (χ2v) is 10.7. The molecular weight excluding hydrogens is 356 g/mol. The highest BCUT2D eigenvalue weighted by Gasteiger charge is 2.78. The Hall–Kier alpha value is -1.23. The number of esters is 1. The van der Waals surface area contributed by atoms with Crippen LogP contribution in [0, 0.1) is 34.5 Å². The first kappa shape index (κ1) is 18.8. The molecule has 154 valence electrons. The van der Waals surface area contributed by atoms with Gasteiger partial charge in [-0.2, -0.15) is 0 Å². The van der Waals surface area contributed by atoms with Crippen molar-refractivity contribution in [3.63, 3.8) is 0 Å². The summed E-state index contributed by atoms with van der Waals surface area (Å²) < 4.78 is 12.1. The van der Waals surface area contributed by atoms with Crippen molar-refractivity contribution in [3.8, 4) is 0 Å². The lowest BCUT2D eigenvalue weighted by molar-refractivity contribution is -0.193. The van der Waals surface area contributed by atoms with Crippen LogP contribution in [0.15, 0.2) is 0 Å². The Morgan fingerprint density at radius 2 is 1.86 bits per heavy atom. The van der Waals surface area contributed by atoms with Gasteiger partial charge < -0.3 is 9.47 Å². The van der Waals surface area contributed by atoms with Crippen molar-refractivity contribution in [1.29, 1.82) is 0 Å². The lowest BCUT2D eigenvalue weighted by Crippen LogP contribution is -2.63. The third-order valence-corrected chi connectivity index (χ3v) is 9.67. The van der Waals surface area contributed by atoms with E-state index in [1.54, 1.807) is 6.92 Å². The third kappa shape index (κ3) is 2.15. The summed E-state index contributed by atoms with van der Waals surface area (Å²) in [5.41, 5.74) is -0.569. The predicted octanol–water partition coefficient (Wildman–Crippen LogP) is 3.48. The smallest absolute Gasteiger partial charge is 0.302 e. The average Bonchev–Trinajstić information content (AvgIpc) is 3.25. The van der Waals surface area contributed by atoms with Gasteiger partial charge in [-0.15, -0.1) is 0 Å². The lowest BCUT2D eigenvalue weighted by Gasteiger charge is -2.61. The molecule has 1 saturated heterocycles. The first-order chi connectivity index (χ1) is 13.1. The monoisotopic (exact) mass is 388 g/mol. The number of carbonyl (C=O) groups is 3. The van der Waals surface area contributed by atoms with Crippen LogP contribution < -0.4 is 0 Å². The van der Waals surface area contributed by atoms with Crippen LogP contribution in [0.4, 0.5) is 0 Å². The summed E-state index contributed by atoms with van der Waals surface area (Å²) in [4.78, 5) is 36.8. The van der Waals surface area contributed by atoms with Gasteiger partial charge in [0, 0.05) is 30.6 Å². The van der Waals surface area contributed by atoms with E-state index in [-0.39, 0.29) is 58.0 Å².